The van der Waals surface area contributed by atoms with Gasteiger partial charge >= 0.3 is 0 Å². The van der Waals surface area contributed by atoms with E-state index < -0.39 is 0 Å². The monoisotopic (exact) mass is 179 g/mol. The van der Waals surface area contributed by atoms with Gasteiger partial charge in [-0.05, 0) is 25.5 Å². The molecule has 13 heavy (non-hydrogen) atoms. The number of hydrogen-bond donors (Lipinski definition) is 1. The summed E-state index contributed by atoms with van der Waals surface area (Å²) >= 11 is 0. The van der Waals surface area contributed by atoms with Crippen molar-refractivity contribution in [3.63, 3.8) is 0 Å². The molecule has 1 atom stereocenters. The van der Waals surface area contributed by atoms with Gasteiger partial charge in [0.05, 0.1) is 0 Å². The van der Waals surface area contributed by atoms with Crippen LogP contribution in [-0.2, 0) is 0 Å². The fourth-order valence-electron chi connectivity index (χ4n) is 1.87. The zero-order valence-corrected chi connectivity index (χ0v) is 7.59. The zero-order chi connectivity index (χ0) is 9.10. The Kier molecular flexibility index (Phi) is 2.60. The quantitative estimate of drug-likeness (QED) is 0.698. The highest BCUT2D eigenvalue weighted by Crippen LogP contribution is 2.24. The van der Waals surface area contributed by atoms with Crippen LogP contribution in [-0.4, -0.2) is 6.54 Å². The van der Waals surface area contributed by atoms with E-state index in [1.807, 2.05) is 12.1 Å². The van der Waals surface area contributed by atoms with Crippen LogP contribution in [0.2, 0.25) is 0 Å². The topological polar surface area (TPSA) is 12.0 Å². The van der Waals surface area contributed by atoms with Gasteiger partial charge in [0.15, 0.2) is 0 Å². The third-order valence-corrected chi connectivity index (χ3v) is 2.59. The molecule has 1 aliphatic heterocycles. The molecule has 1 N–H and O–H groups in total. The number of piperidine rings is 1. The number of nitrogens with one attached hydrogen (secondary N) is 1. The smallest absolute Gasteiger partial charge is 0.127 e. The van der Waals surface area contributed by atoms with Crippen LogP contribution in [0.25, 0.3) is 0 Å². The maximum Gasteiger partial charge on any atom is 0.127 e. The molecule has 0 spiro atoms. The van der Waals surface area contributed by atoms with Crippen molar-refractivity contribution >= 4 is 0 Å². The van der Waals surface area contributed by atoms with Crippen LogP contribution in [0, 0.1) is 5.82 Å². The Balaban J connectivity index is 2.18. The second-order valence-corrected chi connectivity index (χ2v) is 3.52. The molecular formula is C11H14FN. The molecule has 0 saturated carbocycles. The molecule has 1 nitrogen and oxygen atoms in total. The average molecular weight is 179 g/mol. The first-order chi connectivity index (χ1) is 6.38. The molecule has 1 heterocycles. The minimum Gasteiger partial charge on any atom is -0.310 e. The SMILES string of the molecule is Fc1ccccc1C1CCCCN1. The molecule has 1 saturated heterocycles. The fraction of sp³-hybridized carbons (Fsp3) is 0.455. The highest BCUT2D eigenvalue weighted by molar-refractivity contribution is 5.21. The van der Waals surface area contributed by atoms with Crippen LogP contribution in [0.3, 0.4) is 0 Å². The van der Waals surface area contributed by atoms with Gasteiger partial charge in [0.2, 0.25) is 0 Å². The van der Waals surface area contributed by atoms with Crippen molar-refractivity contribution in [2.45, 2.75) is 25.3 Å². The van der Waals surface area contributed by atoms with Crippen LogP contribution in [0.5, 0.6) is 0 Å². The molecule has 1 unspecified atom stereocenters. The molecule has 0 amide bonds. The predicted octanol–water partition coefficient (Wildman–Crippen LogP) is 2.64. The molecule has 0 radical (unpaired) electrons. The minimum absolute atomic E-state index is 0.0816. The Morgan fingerprint density at radius 1 is 1.23 bits per heavy atom. The van der Waals surface area contributed by atoms with E-state index in [0.29, 0.717) is 0 Å². The molecule has 1 aromatic rings. The Morgan fingerprint density at radius 2 is 2.08 bits per heavy atom. The maximum atomic E-state index is 13.3. The lowest BCUT2D eigenvalue weighted by Crippen LogP contribution is -2.27. The van der Waals surface area contributed by atoms with Crippen molar-refractivity contribution in [1.29, 1.82) is 0 Å². The summed E-state index contributed by atoms with van der Waals surface area (Å²) in [4.78, 5) is 0. The molecule has 1 aliphatic rings. The number of rotatable bonds is 1. The first-order valence-electron chi connectivity index (χ1n) is 4.86. The third-order valence-electron chi connectivity index (χ3n) is 2.59. The third kappa shape index (κ3) is 1.89. The largest absolute Gasteiger partial charge is 0.310 e. The van der Waals surface area contributed by atoms with Gasteiger partial charge in [-0.25, -0.2) is 4.39 Å². The van der Waals surface area contributed by atoms with Crippen molar-refractivity contribution < 1.29 is 4.39 Å². The summed E-state index contributed by atoms with van der Waals surface area (Å²) in [5.74, 6) is -0.0816. The average Bonchev–Trinajstić information content (AvgIpc) is 2.20. The van der Waals surface area contributed by atoms with Crippen molar-refractivity contribution in [3.05, 3.63) is 35.6 Å². The number of benzene rings is 1. The minimum atomic E-state index is -0.0816. The zero-order valence-electron chi connectivity index (χ0n) is 7.59. The highest BCUT2D eigenvalue weighted by atomic mass is 19.1. The Morgan fingerprint density at radius 3 is 2.77 bits per heavy atom. The second-order valence-electron chi connectivity index (χ2n) is 3.52. The van der Waals surface area contributed by atoms with Crippen molar-refractivity contribution in [2.24, 2.45) is 0 Å². The van der Waals surface area contributed by atoms with E-state index in [1.165, 1.54) is 18.9 Å². The molecule has 70 valence electrons. The molecule has 2 heteroatoms. The molecule has 0 aliphatic carbocycles. The second kappa shape index (κ2) is 3.88. The highest BCUT2D eigenvalue weighted by Gasteiger charge is 2.16. The summed E-state index contributed by atoms with van der Waals surface area (Å²) < 4.78 is 13.3. The summed E-state index contributed by atoms with van der Waals surface area (Å²) in [7, 11) is 0. The van der Waals surface area contributed by atoms with Crippen molar-refractivity contribution in [1.82, 2.24) is 5.32 Å². The molecule has 1 aromatic carbocycles. The molecule has 2 rings (SSSR count). The lowest BCUT2D eigenvalue weighted by atomic mass is 9.97. The van der Waals surface area contributed by atoms with Gasteiger partial charge in [0.25, 0.3) is 0 Å². The van der Waals surface area contributed by atoms with Crippen molar-refractivity contribution in [3.8, 4) is 0 Å². The van der Waals surface area contributed by atoms with Gasteiger partial charge in [-0.15, -0.1) is 0 Å². The Hall–Kier alpha value is -0.890. The van der Waals surface area contributed by atoms with Gasteiger partial charge < -0.3 is 5.32 Å². The molecular weight excluding hydrogens is 165 g/mol. The van der Waals surface area contributed by atoms with E-state index in [1.54, 1.807) is 6.07 Å². The molecule has 1 fully saturated rings. The Bertz CT molecular complexity index is 279. The molecule has 0 bridgehead atoms. The number of halogens is 1. The summed E-state index contributed by atoms with van der Waals surface area (Å²) in [6, 6.07) is 7.27. The standard InChI is InChI=1S/C11H14FN/c12-10-6-2-1-5-9(10)11-7-3-4-8-13-11/h1-2,5-6,11,13H,3-4,7-8H2. The Labute approximate surface area is 78.0 Å². The van der Waals surface area contributed by atoms with Gasteiger partial charge in [0.1, 0.15) is 5.82 Å². The number of hydrogen-bond acceptors (Lipinski definition) is 1. The van der Waals surface area contributed by atoms with Crippen LogP contribution in [0.15, 0.2) is 24.3 Å². The van der Waals surface area contributed by atoms with Crippen molar-refractivity contribution in [2.75, 3.05) is 6.54 Å². The lowest BCUT2D eigenvalue weighted by Gasteiger charge is -2.23. The summed E-state index contributed by atoms with van der Waals surface area (Å²) in [6.07, 6.45) is 3.47. The molecule has 0 aromatic heterocycles. The van der Waals surface area contributed by atoms with E-state index in [-0.39, 0.29) is 11.9 Å². The van der Waals surface area contributed by atoms with Gasteiger partial charge in [-0.2, -0.15) is 0 Å². The predicted molar refractivity (Wildman–Crippen MR) is 51.0 cm³/mol. The van der Waals surface area contributed by atoms with Gasteiger partial charge in [-0.3, -0.25) is 0 Å². The van der Waals surface area contributed by atoms with E-state index in [2.05, 4.69) is 5.32 Å². The summed E-state index contributed by atoms with van der Waals surface area (Å²) in [6.45, 7) is 1.01. The van der Waals surface area contributed by atoms with Crippen LogP contribution in [0.1, 0.15) is 30.9 Å². The lowest BCUT2D eigenvalue weighted by molar-refractivity contribution is 0.400. The summed E-state index contributed by atoms with van der Waals surface area (Å²) in [5.41, 5.74) is 0.821. The van der Waals surface area contributed by atoms with E-state index in [0.717, 1.165) is 18.5 Å². The van der Waals surface area contributed by atoms with Gasteiger partial charge in [0, 0.05) is 11.6 Å². The van der Waals surface area contributed by atoms with E-state index in [9.17, 15) is 4.39 Å². The van der Waals surface area contributed by atoms with Gasteiger partial charge in [-0.1, -0.05) is 24.6 Å². The van der Waals surface area contributed by atoms with E-state index in [4.69, 9.17) is 0 Å². The first kappa shape index (κ1) is 8.70. The fourth-order valence-corrected chi connectivity index (χ4v) is 1.87. The van der Waals surface area contributed by atoms with Crippen LogP contribution >= 0.6 is 0 Å². The summed E-state index contributed by atoms with van der Waals surface area (Å²) in [5, 5.41) is 3.34. The first-order valence-corrected chi connectivity index (χ1v) is 4.86. The van der Waals surface area contributed by atoms with E-state index >= 15 is 0 Å². The van der Waals surface area contributed by atoms with Crippen LogP contribution in [0.4, 0.5) is 4.39 Å². The van der Waals surface area contributed by atoms with Crippen LogP contribution < -0.4 is 5.32 Å². The maximum absolute atomic E-state index is 13.3. The normalized spacial score (nSPS) is 23.0.